The highest BCUT2D eigenvalue weighted by molar-refractivity contribution is 5.35. The molecule has 18 heavy (non-hydrogen) atoms. The molecule has 1 fully saturated rings. The van der Waals surface area contributed by atoms with Crippen molar-refractivity contribution in [2.24, 2.45) is 5.92 Å². The highest BCUT2D eigenvalue weighted by atomic mass is 16.3. The molecule has 2 unspecified atom stereocenters. The Morgan fingerprint density at radius 2 is 2.22 bits per heavy atom. The standard InChI is InChI=1S/C14H23N3O/c1-4-12-6-5-10(2)17(8-12)14-15-7-13(9-18)11(3)16-14/h7,10,12,18H,4-6,8-9H2,1-3H3. The molecular formula is C14H23N3O. The van der Waals surface area contributed by atoms with Crippen LogP contribution in [0.4, 0.5) is 5.95 Å². The summed E-state index contributed by atoms with van der Waals surface area (Å²) in [5.41, 5.74) is 1.70. The number of rotatable bonds is 3. The van der Waals surface area contributed by atoms with Crippen LogP contribution in [0.1, 0.15) is 44.4 Å². The third-order valence-corrected chi connectivity index (χ3v) is 4.05. The molecule has 4 nitrogen and oxygen atoms in total. The lowest BCUT2D eigenvalue weighted by Gasteiger charge is -2.37. The first-order chi connectivity index (χ1) is 8.65. The maximum Gasteiger partial charge on any atom is 0.225 e. The van der Waals surface area contributed by atoms with Crippen LogP contribution in [0.5, 0.6) is 0 Å². The molecule has 1 aliphatic heterocycles. The summed E-state index contributed by atoms with van der Waals surface area (Å²) in [5, 5.41) is 9.16. The summed E-state index contributed by atoms with van der Waals surface area (Å²) >= 11 is 0. The van der Waals surface area contributed by atoms with Crippen LogP contribution < -0.4 is 4.90 Å². The van der Waals surface area contributed by atoms with Crippen molar-refractivity contribution in [2.45, 2.75) is 52.7 Å². The number of aromatic nitrogens is 2. The maximum absolute atomic E-state index is 9.16. The second-order valence-corrected chi connectivity index (χ2v) is 5.29. The Morgan fingerprint density at radius 1 is 1.44 bits per heavy atom. The van der Waals surface area contributed by atoms with Crippen molar-refractivity contribution >= 4 is 5.95 Å². The molecule has 1 saturated heterocycles. The van der Waals surface area contributed by atoms with Crippen LogP contribution in [0.2, 0.25) is 0 Å². The van der Waals surface area contributed by atoms with Gasteiger partial charge in [0.15, 0.2) is 0 Å². The number of piperidine rings is 1. The van der Waals surface area contributed by atoms with Gasteiger partial charge in [-0.3, -0.25) is 0 Å². The van der Waals surface area contributed by atoms with Crippen molar-refractivity contribution in [1.82, 2.24) is 9.97 Å². The van der Waals surface area contributed by atoms with Gasteiger partial charge in [0.2, 0.25) is 5.95 Å². The molecule has 0 aliphatic carbocycles. The van der Waals surface area contributed by atoms with E-state index in [4.69, 9.17) is 5.11 Å². The van der Waals surface area contributed by atoms with Gasteiger partial charge in [0.25, 0.3) is 0 Å². The molecule has 1 aromatic rings. The van der Waals surface area contributed by atoms with Crippen LogP contribution in [0.25, 0.3) is 0 Å². The topological polar surface area (TPSA) is 49.2 Å². The van der Waals surface area contributed by atoms with Crippen LogP contribution in [0.15, 0.2) is 6.20 Å². The lowest BCUT2D eigenvalue weighted by molar-refractivity contribution is 0.280. The summed E-state index contributed by atoms with van der Waals surface area (Å²) in [5.74, 6) is 1.57. The minimum Gasteiger partial charge on any atom is -0.392 e. The van der Waals surface area contributed by atoms with E-state index in [0.29, 0.717) is 6.04 Å². The van der Waals surface area contributed by atoms with Crippen molar-refractivity contribution in [1.29, 1.82) is 0 Å². The molecular weight excluding hydrogens is 226 g/mol. The van der Waals surface area contributed by atoms with E-state index in [9.17, 15) is 0 Å². The highest BCUT2D eigenvalue weighted by Crippen LogP contribution is 2.27. The highest BCUT2D eigenvalue weighted by Gasteiger charge is 2.26. The minimum atomic E-state index is 0.0131. The Labute approximate surface area is 109 Å². The molecule has 100 valence electrons. The van der Waals surface area contributed by atoms with E-state index in [1.807, 2.05) is 6.92 Å². The van der Waals surface area contributed by atoms with Gasteiger partial charge in [0.1, 0.15) is 0 Å². The summed E-state index contributed by atoms with van der Waals surface area (Å²) in [4.78, 5) is 11.3. The van der Waals surface area contributed by atoms with Gasteiger partial charge in [-0.2, -0.15) is 0 Å². The first-order valence-corrected chi connectivity index (χ1v) is 6.85. The molecule has 0 saturated carbocycles. The fourth-order valence-corrected chi connectivity index (χ4v) is 2.57. The Morgan fingerprint density at radius 3 is 2.83 bits per heavy atom. The van der Waals surface area contributed by atoms with Gasteiger partial charge in [-0.1, -0.05) is 13.3 Å². The van der Waals surface area contributed by atoms with Crippen LogP contribution in [-0.4, -0.2) is 27.7 Å². The molecule has 0 spiro atoms. The molecule has 1 N–H and O–H groups in total. The first kappa shape index (κ1) is 13.3. The van der Waals surface area contributed by atoms with E-state index in [1.165, 1.54) is 19.3 Å². The van der Waals surface area contributed by atoms with Crippen molar-refractivity contribution in [3.8, 4) is 0 Å². The van der Waals surface area contributed by atoms with Crippen LogP contribution in [0, 0.1) is 12.8 Å². The van der Waals surface area contributed by atoms with Crippen molar-refractivity contribution in [3.05, 3.63) is 17.5 Å². The zero-order valence-corrected chi connectivity index (χ0v) is 11.6. The lowest BCUT2D eigenvalue weighted by Crippen LogP contribution is -2.42. The van der Waals surface area contributed by atoms with E-state index in [0.717, 1.165) is 29.7 Å². The third kappa shape index (κ3) is 2.64. The second kappa shape index (κ2) is 5.65. The third-order valence-electron chi connectivity index (χ3n) is 4.05. The van der Waals surface area contributed by atoms with Crippen LogP contribution >= 0.6 is 0 Å². The quantitative estimate of drug-likeness (QED) is 0.893. The predicted molar refractivity (Wildman–Crippen MR) is 72.5 cm³/mol. The first-order valence-electron chi connectivity index (χ1n) is 6.85. The molecule has 4 heteroatoms. The van der Waals surface area contributed by atoms with E-state index in [1.54, 1.807) is 6.20 Å². The van der Waals surface area contributed by atoms with Gasteiger partial charge < -0.3 is 10.0 Å². The smallest absolute Gasteiger partial charge is 0.225 e. The number of anilines is 1. The average Bonchev–Trinajstić information content (AvgIpc) is 2.39. The Hall–Kier alpha value is -1.16. The van der Waals surface area contributed by atoms with Gasteiger partial charge in [0, 0.05) is 30.0 Å². The molecule has 0 bridgehead atoms. The normalized spacial score (nSPS) is 24.3. The number of hydrogen-bond acceptors (Lipinski definition) is 4. The molecule has 0 amide bonds. The van der Waals surface area contributed by atoms with Crippen molar-refractivity contribution in [3.63, 3.8) is 0 Å². The largest absolute Gasteiger partial charge is 0.392 e. The molecule has 1 aromatic heterocycles. The Bertz CT molecular complexity index is 408. The zero-order chi connectivity index (χ0) is 13.1. The van der Waals surface area contributed by atoms with Gasteiger partial charge in [-0.15, -0.1) is 0 Å². The van der Waals surface area contributed by atoms with Crippen molar-refractivity contribution < 1.29 is 5.11 Å². The predicted octanol–water partition coefficient (Wildman–Crippen LogP) is 2.29. The molecule has 2 rings (SSSR count). The molecule has 0 aromatic carbocycles. The summed E-state index contributed by atoms with van der Waals surface area (Å²) in [7, 11) is 0. The van der Waals surface area contributed by atoms with Gasteiger partial charge in [-0.05, 0) is 32.6 Å². The Balaban J connectivity index is 2.21. The Kier molecular flexibility index (Phi) is 4.17. The average molecular weight is 249 g/mol. The minimum absolute atomic E-state index is 0.0131. The van der Waals surface area contributed by atoms with E-state index in [2.05, 4.69) is 28.7 Å². The van der Waals surface area contributed by atoms with Crippen molar-refractivity contribution in [2.75, 3.05) is 11.4 Å². The molecule has 0 radical (unpaired) electrons. The fourth-order valence-electron chi connectivity index (χ4n) is 2.57. The van der Waals surface area contributed by atoms with E-state index in [-0.39, 0.29) is 6.61 Å². The van der Waals surface area contributed by atoms with Gasteiger partial charge in [-0.25, -0.2) is 9.97 Å². The second-order valence-electron chi connectivity index (χ2n) is 5.29. The zero-order valence-electron chi connectivity index (χ0n) is 11.6. The summed E-state index contributed by atoms with van der Waals surface area (Å²) in [6.07, 6.45) is 5.49. The maximum atomic E-state index is 9.16. The number of aliphatic hydroxyl groups excluding tert-OH is 1. The van der Waals surface area contributed by atoms with E-state index < -0.39 is 0 Å². The molecule has 2 atom stereocenters. The number of nitrogens with zero attached hydrogens (tertiary/aromatic N) is 3. The summed E-state index contributed by atoms with van der Waals surface area (Å²) < 4.78 is 0. The summed E-state index contributed by atoms with van der Waals surface area (Å²) in [6, 6.07) is 0.507. The SMILES string of the molecule is CCC1CCC(C)N(c2ncc(CO)c(C)n2)C1. The monoisotopic (exact) mass is 249 g/mol. The number of aryl methyl sites for hydroxylation is 1. The van der Waals surface area contributed by atoms with Gasteiger partial charge >= 0.3 is 0 Å². The van der Waals surface area contributed by atoms with Crippen LogP contribution in [0.3, 0.4) is 0 Å². The van der Waals surface area contributed by atoms with E-state index >= 15 is 0 Å². The number of aliphatic hydroxyl groups is 1. The van der Waals surface area contributed by atoms with Gasteiger partial charge in [0.05, 0.1) is 6.61 Å². The summed E-state index contributed by atoms with van der Waals surface area (Å²) in [6.45, 7) is 7.49. The lowest BCUT2D eigenvalue weighted by atomic mass is 9.92. The molecule has 1 aliphatic rings. The van der Waals surface area contributed by atoms with Crippen LogP contribution in [-0.2, 0) is 6.61 Å². The molecule has 2 heterocycles. The fraction of sp³-hybridized carbons (Fsp3) is 0.714. The number of hydrogen-bond donors (Lipinski definition) is 1.